The summed E-state index contributed by atoms with van der Waals surface area (Å²) in [5, 5.41) is 14.6. The maximum absolute atomic E-state index is 12.0. The van der Waals surface area contributed by atoms with Gasteiger partial charge in [-0.25, -0.2) is 8.78 Å². The summed E-state index contributed by atoms with van der Waals surface area (Å²) >= 11 is 0. The average molecular weight is 138 g/mol. The standard InChI is InChI=1S/C4H8F2N2O/c5-4(6,2-8)3(9)1-7/h1,3,7,9H,2,8H2. The Balaban J connectivity index is 3.95. The van der Waals surface area contributed by atoms with Crippen LogP contribution in [0.25, 0.3) is 0 Å². The topological polar surface area (TPSA) is 70.1 Å². The third kappa shape index (κ3) is 2.03. The van der Waals surface area contributed by atoms with Crippen molar-refractivity contribution < 1.29 is 13.9 Å². The van der Waals surface area contributed by atoms with Gasteiger partial charge >= 0.3 is 0 Å². The molecule has 0 aromatic heterocycles. The van der Waals surface area contributed by atoms with Crippen LogP contribution >= 0.6 is 0 Å². The summed E-state index contributed by atoms with van der Waals surface area (Å²) in [6.07, 6.45) is -1.80. The first-order valence-electron chi connectivity index (χ1n) is 2.31. The molecule has 9 heavy (non-hydrogen) atoms. The van der Waals surface area contributed by atoms with E-state index in [2.05, 4.69) is 5.73 Å². The van der Waals surface area contributed by atoms with Crippen LogP contribution in [-0.4, -0.2) is 29.9 Å². The van der Waals surface area contributed by atoms with Crippen LogP contribution in [0.1, 0.15) is 0 Å². The Morgan fingerprint density at radius 3 is 2.33 bits per heavy atom. The fraction of sp³-hybridized carbons (Fsp3) is 0.750. The van der Waals surface area contributed by atoms with E-state index in [4.69, 9.17) is 10.5 Å². The SMILES string of the molecule is N=CC(O)C(F)(F)CN. The second-order valence-corrected chi connectivity index (χ2v) is 1.58. The van der Waals surface area contributed by atoms with Gasteiger partial charge in [-0.3, -0.25) is 0 Å². The number of aliphatic hydroxyl groups excluding tert-OH is 1. The number of rotatable bonds is 3. The largest absolute Gasteiger partial charge is 0.381 e. The summed E-state index contributed by atoms with van der Waals surface area (Å²) in [5.41, 5.74) is 4.57. The van der Waals surface area contributed by atoms with E-state index in [0.29, 0.717) is 0 Å². The predicted molar refractivity (Wildman–Crippen MR) is 28.8 cm³/mol. The van der Waals surface area contributed by atoms with Crippen molar-refractivity contribution in [3.63, 3.8) is 0 Å². The van der Waals surface area contributed by atoms with Gasteiger partial charge < -0.3 is 16.2 Å². The van der Waals surface area contributed by atoms with Gasteiger partial charge in [0.15, 0.2) is 6.10 Å². The number of hydrogen-bond donors (Lipinski definition) is 3. The number of nitrogens with two attached hydrogens (primary N) is 1. The third-order valence-electron chi connectivity index (χ3n) is 0.863. The zero-order valence-electron chi connectivity index (χ0n) is 4.64. The van der Waals surface area contributed by atoms with Crippen LogP contribution in [0.15, 0.2) is 0 Å². The summed E-state index contributed by atoms with van der Waals surface area (Å²) < 4.78 is 24.0. The van der Waals surface area contributed by atoms with Crippen LogP contribution in [-0.2, 0) is 0 Å². The lowest BCUT2D eigenvalue weighted by Crippen LogP contribution is -2.41. The normalized spacial score (nSPS) is 15.1. The Labute approximate surface area is 51.0 Å². The van der Waals surface area contributed by atoms with Crippen molar-refractivity contribution in [1.82, 2.24) is 0 Å². The van der Waals surface area contributed by atoms with Crippen molar-refractivity contribution in [2.24, 2.45) is 5.73 Å². The lowest BCUT2D eigenvalue weighted by atomic mass is 10.2. The Kier molecular flexibility index (Phi) is 2.66. The minimum absolute atomic E-state index is 0.257. The monoisotopic (exact) mass is 138 g/mol. The lowest BCUT2D eigenvalue weighted by molar-refractivity contribution is -0.0671. The molecule has 0 aliphatic heterocycles. The first-order chi connectivity index (χ1) is 4.04. The molecule has 0 saturated heterocycles. The second-order valence-electron chi connectivity index (χ2n) is 1.58. The van der Waals surface area contributed by atoms with E-state index in [0.717, 1.165) is 0 Å². The molecule has 0 bridgehead atoms. The highest BCUT2D eigenvalue weighted by atomic mass is 19.3. The van der Waals surface area contributed by atoms with Crippen LogP contribution in [0.5, 0.6) is 0 Å². The predicted octanol–water partition coefficient (Wildman–Crippen LogP) is -0.409. The van der Waals surface area contributed by atoms with Gasteiger partial charge in [-0.1, -0.05) is 0 Å². The van der Waals surface area contributed by atoms with Crippen molar-refractivity contribution in [2.75, 3.05) is 6.54 Å². The van der Waals surface area contributed by atoms with Crippen LogP contribution in [0, 0.1) is 5.41 Å². The molecule has 1 unspecified atom stereocenters. The van der Waals surface area contributed by atoms with E-state index in [1.165, 1.54) is 0 Å². The Bertz CT molecular complexity index is 107. The number of nitrogens with one attached hydrogen (secondary N) is 1. The average Bonchev–Trinajstić information content (AvgIpc) is 1.86. The van der Waals surface area contributed by atoms with E-state index in [-0.39, 0.29) is 6.21 Å². The fourth-order valence-electron chi connectivity index (χ4n) is 0.243. The molecule has 0 aliphatic carbocycles. The molecular formula is C4H8F2N2O. The van der Waals surface area contributed by atoms with E-state index >= 15 is 0 Å². The van der Waals surface area contributed by atoms with Gasteiger partial charge in [-0.15, -0.1) is 0 Å². The number of halogens is 2. The van der Waals surface area contributed by atoms with Gasteiger partial charge in [0.05, 0.1) is 6.54 Å². The van der Waals surface area contributed by atoms with Crippen LogP contribution in [0.2, 0.25) is 0 Å². The maximum Gasteiger partial charge on any atom is 0.290 e. The summed E-state index contributed by atoms with van der Waals surface area (Å²) in [6, 6.07) is 0. The molecule has 0 fully saturated rings. The Morgan fingerprint density at radius 1 is 1.78 bits per heavy atom. The van der Waals surface area contributed by atoms with Gasteiger partial charge in [-0.2, -0.15) is 0 Å². The highest BCUT2D eigenvalue weighted by molar-refractivity contribution is 5.60. The van der Waals surface area contributed by atoms with Crippen molar-refractivity contribution in [1.29, 1.82) is 5.41 Å². The first-order valence-corrected chi connectivity index (χ1v) is 2.31. The maximum atomic E-state index is 12.0. The molecule has 0 rings (SSSR count). The molecule has 4 N–H and O–H groups in total. The molecule has 0 radical (unpaired) electrons. The molecule has 5 heteroatoms. The fourth-order valence-corrected chi connectivity index (χ4v) is 0.243. The Hall–Kier alpha value is -0.550. The highest BCUT2D eigenvalue weighted by Gasteiger charge is 2.34. The van der Waals surface area contributed by atoms with E-state index < -0.39 is 18.6 Å². The number of alkyl halides is 2. The smallest absolute Gasteiger partial charge is 0.290 e. The van der Waals surface area contributed by atoms with E-state index in [1.54, 1.807) is 0 Å². The quantitative estimate of drug-likeness (QED) is 0.464. The van der Waals surface area contributed by atoms with Gasteiger partial charge in [0.1, 0.15) is 0 Å². The first kappa shape index (κ1) is 8.45. The van der Waals surface area contributed by atoms with Gasteiger partial charge in [0, 0.05) is 6.21 Å². The Morgan fingerprint density at radius 2 is 2.22 bits per heavy atom. The molecule has 54 valence electrons. The summed E-state index contributed by atoms with van der Waals surface area (Å²) in [5.74, 6) is -3.36. The minimum atomic E-state index is -3.36. The molecule has 0 spiro atoms. The summed E-state index contributed by atoms with van der Waals surface area (Å²) in [7, 11) is 0. The molecule has 1 atom stereocenters. The molecule has 0 saturated carbocycles. The highest BCUT2D eigenvalue weighted by Crippen LogP contribution is 2.14. The van der Waals surface area contributed by atoms with Gasteiger partial charge in [0.25, 0.3) is 5.92 Å². The van der Waals surface area contributed by atoms with Crippen molar-refractivity contribution >= 4 is 6.21 Å². The second kappa shape index (κ2) is 2.84. The van der Waals surface area contributed by atoms with Crippen LogP contribution < -0.4 is 5.73 Å². The molecule has 0 heterocycles. The van der Waals surface area contributed by atoms with Crippen molar-refractivity contribution in [3.8, 4) is 0 Å². The molecular weight excluding hydrogens is 130 g/mol. The molecule has 0 aliphatic rings. The summed E-state index contributed by atoms with van der Waals surface area (Å²) in [6.45, 7) is -0.941. The zero-order chi connectivity index (χ0) is 7.49. The third-order valence-corrected chi connectivity index (χ3v) is 0.863. The van der Waals surface area contributed by atoms with Crippen molar-refractivity contribution in [3.05, 3.63) is 0 Å². The molecule has 0 amide bonds. The van der Waals surface area contributed by atoms with Gasteiger partial charge in [0.2, 0.25) is 0 Å². The van der Waals surface area contributed by atoms with E-state index in [1.807, 2.05) is 0 Å². The van der Waals surface area contributed by atoms with Crippen molar-refractivity contribution in [2.45, 2.75) is 12.0 Å². The van der Waals surface area contributed by atoms with E-state index in [9.17, 15) is 8.78 Å². The minimum Gasteiger partial charge on any atom is -0.381 e. The lowest BCUT2D eigenvalue weighted by Gasteiger charge is -2.15. The van der Waals surface area contributed by atoms with Crippen LogP contribution in [0.4, 0.5) is 8.78 Å². The number of aliphatic hydroxyl groups is 1. The van der Waals surface area contributed by atoms with Gasteiger partial charge in [-0.05, 0) is 0 Å². The molecule has 3 nitrogen and oxygen atoms in total. The van der Waals surface area contributed by atoms with Crippen LogP contribution in [0.3, 0.4) is 0 Å². The number of hydrogen-bond acceptors (Lipinski definition) is 3. The molecule has 0 aromatic rings. The zero-order valence-corrected chi connectivity index (χ0v) is 4.64. The molecule has 0 aromatic carbocycles. The summed E-state index contributed by atoms with van der Waals surface area (Å²) in [4.78, 5) is 0.